The van der Waals surface area contributed by atoms with E-state index in [0.29, 0.717) is 17.3 Å². The minimum absolute atomic E-state index is 0.106. The lowest BCUT2D eigenvalue weighted by Gasteiger charge is -2.17. The molecular formula is C14H21ClN2O2. The first-order valence-electron chi connectivity index (χ1n) is 6.44. The first-order chi connectivity index (χ1) is 9.17. The zero-order valence-corrected chi connectivity index (χ0v) is 12.2. The average Bonchev–Trinajstić information content (AvgIpc) is 2.39. The number of methoxy groups -OCH3 is 1. The summed E-state index contributed by atoms with van der Waals surface area (Å²) < 4.78 is 5.11. The molecule has 0 aliphatic rings. The highest BCUT2D eigenvalue weighted by atomic mass is 35.5. The van der Waals surface area contributed by atoms with Gasteiger partial charge >= 0.3 is 0 Å². The number of carbonyl (C=O) groups is 1. The van der Waals surface area contributed by atoms with Gasteiger partial charge in [0.2, 0.25) is 5.91 Å². The van der Waals surface area contributed by atoms with Gasteiger partial charge in [0, 0.05) is 13.2 Å². The molecule has 1 atom stereocenters. The second-order valence-electron chi connectivity index (χ2n) is 4.35. The van der Waals surface area contributed by atoms with E-state index in [-0.39, 0.29) is 18.5 Å². The van der Waals surface area contributed by atoms with Crippen LogP contribution in [0.15, 0.2) is 24.3 Å². The van der Waals surface area contributed by atoms with E-state index in [1.54, 1.807) is 19.2 Å². The van der Waals surface area contributed by atoms with Crippen molar-refractivity contribution in [3.8, 4) is 0 Å². The largest absolute Gasteiger partial charge is 0.383 e. The molecule has 2 N–H and O–H groups in total. The lowest BCUT2D eigenvalue weighted by molar-refractivity contribution is -0.115. The van der Waals surface area contributed by atoms with E-state index >= 15 is 0 Å². The molecule has 0 heterocycles. The summed E-state index contributed by atoms with van der Waals surface area (Å²) in [7, 11) is 1.66. The molecule has 1 aromatic carbocycles. The van der Waals surface area contributed by atoms with Crippen molar-refractivity contribution in [2.75, 3.05) is 25.6 Å². The summed E-state index contributed by atoms with van der Waals surface area (Å²) in [6, 6.07) is 7.38. The van der Waals surface area contributed by atoms with Crippen molar-refractivity contribution < 1.29 is 9.53 Å². The fourth-order valence-electron chi connectivity index (χ4n) is 1.79. The molecule has 1 rings (SSSR count). The Bertz CT molecular complexity index is 393. The van der Waals surface area contributed by atoms with Gasteiger partial charge in [-0.3, -0.25) is 4.79 Å². The molecule has 4 nitrogen and oxygen atoms in total. The van der Waals surface area contributed by atoms with Crippen molar-refractivity contribution in [1.82, 2.24) is 5.32 Å². The molecule has 0 fully saturated rings. The van der Waals surface area contributed by atoms with E-state index in [4.69, 9.17) is 16.3 Å². The summed E-state index contributed by atoms with van der Waals surface area (Å²) in [5, 5.41) is 6.50. The molecular weight excluding hydrogens is 264 g/mol. The number of ether oxygens (including phenoxy) is 1. The van der Waals surface area contributed by atoms with Gasteiger partial charge in [0.1, 0.15) is 0 Å². The highest BCUT2D eigenvalue weighted by Crippen LogP contribution is 2.19. The van der Waals surface area contributed by atoms with Gasteiger partial charge in [0.15, 0.2) is 0 Å². The van der Waals surface area contributed by atoms with Crippen LogP contribution in [0.25, 0.3) is 0 Å². The minimum atomic E-state index is -0.106. The molecule has 0 bridgehead atoms. The van der Waals surface area contributed by atoms with Crippen LogP contribution in [-0.4, -0.2) is 32.2 Å². The molecule has 0 aliphatic heterocycles. The van der Waals surface area contributed by atoms with E-state index < -0.39 is 0 Å². The number of anilines is 1. The van der Waals surface area contributed by atoms with Gasteiger partial charge in [-0.1, -0.05) is 37.1 Å². The standard InChI is InChI=1S/C14H21ClN2O2/c1-3-6-11(10-19-2)16-9-14(18)17-13-8-5-4-7-12(13)15/h4-5,7-8,11,16H,3,6,9-10H2,1-2H3,(H,17,18). The monoisotopic (exact) mass is 284 g/mol. The van der Waals surface area contributed by atoms with Crippen molar-refractivity contribution in [2.24, 2.45) is 0 Å². The molecule has 0 saturated heterocycles. The van der Waals surface area contributed by atoms with Gasteiger partial charge < -0.3 is 15.4 Å². The van der Waals surface area contributed by atoms with Crippen LogP contribution in [0.4, 0.5) is 5.69 Å². The lowest BCUT2D eigenvalue weighted by Crippen LogP contribution is -2.38. The van der Waals surface area contributed by atoms with Crippen LogP contribution in [0.2, 0.25) is 5.02 Å². The van der Waals surface area contributed by atoms with Gasteiger partial charge in [-0.05, 0) is 18.6 Å². The Balaban J connectivity index is 2.40. The zero-order chi connectivity index (χ0) is 14.1. The van der Waals surface area contributed by atoms with E-state index in [2.05, 4.69) is 17.6 Å². The number of para-hydroxylation sites is 1. The van der Waals surface area contributed by atoms with Crippen LogP contribution in [0.5, 0.6) is 0 Å². The predicted octanol–water partition coefficient (Wildman–Crippen LogP) is 2.68. The van der Waals surface area contributed by atoms with E-state index in [9.17, 15) is 4.79 Å². The van der Waals surface area contributed by atoms with Crippen molar-refractivity contribution in [2.45, 2.75) is 25.8 Å². The van der Waals surface area contributed by atoms with Gasteiger partial charge in [0.05, 0.1) is 23.9 Å². The maximum absolute atomic E-state index is 11.8. The van der Waals surface area contributed by atoms with Crippen LogP contribution >= 0.6 is 11.6 Å². The Labute approximate surface area is 119 Å². The van der Waals surface area contributed by atoms with E-state index in [1.807, 2.05) is 12.1 Å². The maximum Gasteiger partial charge on any atom is 0.238 e. The summed E-state index contributed by atoms with van der Waals surface area (Å²) in [5.41, 5.74) is 0.634. The Kier molecular flexibility index (Phi) is 7.48. The predicted molar refractivity (Wildman–Crippen MR) is 78.7 cm³/mol. The van der Waals surface area contributed by atoms with Gasteiger partial charge in [-0.15, -0.1) is 0 Å². The fraction of sp³-hybridized carbons (Fsp3) is 0.500. The van der Waals surface area contributed by atoms with E-state index in [1.165, 1.54) is 0 Å². The first-order valence-corrected chi connectivity index (χ1v) is 6.81. The molecule has 19 heavy (non-hydrogen) atoms. The van der Waals surface area contributed by atoms with Gasteiger partial charge in [-0.2, -0.15) is 0 Å². The zero-order valence-electron chi connectivity index (χ0n) is 11.4. The molecule has 5 heteroatoms. The second-order valence-corrected chi connectivity index (χ2v) is 4.76. The smallest absolute Gasteiger partial charge is 0.238 e. The molecule has 0 aliphatic carbocycles. The SMILES string of the molecule is CCCC(COC)NCC(=O)Nc1ccccc1Cl. The minimum Gasteiger partial charge on any atom is -0.383 e. The number of nitrogens with one attached hydrogen (secondary N) is 2. The number of benzene rings is 1. The molecule has 0 saturated carbocycles. The highest BCUT2D eigenvalue weighted by Gasteiger charge is 2.10. The molecule has 0 aromatic heterocycles. The third kappa shape index (κ3) is 6.05. The molecule has 106 valence electrons. The Morgan fingerprint density at radius 3 is 2.79 bits per heavy atom. The lowest BCUT2D eigenvalue weighted by atomic mass is 10.2. The topological polar surface area (TPSA) is 50.4 Å². The van der Waals surface area contributed by atoms with Crippen molar-refractivity contribution in [3.63, 3.8) is 0 Å². The van der Waals surface area contributed by atoms with Crippen molar-refractivity contribution in [1.29, 1.82) is 0 Å². The molecule has 0 radical (unpaired) electrons. The van der Waals surface area contributed by atoms with Crippen LogP contribution in [0, 0.1) is 0 Å². The highest BCUT2D eigenvalue weighted by molar-refractivity contribution is 6.33. The molecule has 1 unspecified atom stereocenters. The van der Waals surface area contributed by atoms with Crippen LogP contribution in [0.3, 0.4) is 0 Å². The number of rotatable bonds is 8. The third-order valence-electron chi connectivity index (χ3n) is 2.70. The summed E-state index contributed by atoms with van der Waals surface area (Å²) in [6.07, 6.45) is 2.03. The number of carbonyl (C=O) groups excluding carboxylic acids is 1. The Hall–Kier alpha value is -1.10. The Morgan fingerprint density at radius 1 is 1.42 bits per heavy atom. The number of hydrogen-bond donors (Lipinski definition) is 2. The fourth-order valence-corrected chi connectivity index (χ4v) is 1.97. The first kappa shape index (κ1) is 16.0. The summed E-state index contributed by atoms with van der Waals surface area (Å²) in [5.74, 6) is -0.106. The molecule has 1 amide bonds. The molecule has 0 spiro atoms. The quantitative estimate of drug-likeness (QED) is 0.772. The van der Waals surface area contributed by atoms with Gasteiger partial charge in [0.25, 0.3) is 0 Å². The van der Waals surface area contributed by atoms with Crippen LogP contribution in [0.1, 0.15) is 19.8 Å². The average molecular weight is 285 g/mol. The van der Waals surface area contributed by atoms with Crippen molar-refractivity contribution in [3.05, 3.63) is 29.3 Å². The number of hydrogen-bond acceptors (Lipinski definition) is 3. The second kappa shape index (κ2) is 8.91. The normalized spacial score (nSPS) is 12.2. The third-order valence-corrected chi connectivity index (χ3v) is 3.03. The maximum atomic E-state index is 11.8. The van der Waals surface area contributed by atoms with Crippen LogP contribution < -0.4 is 10.6 Å². The number of amides is 1. The van der Waals surface area contributed by atoms with Gasteiger partial charge in [-0.25, -0.2) is 0 Å². The summed E-state index contributed by atoms with van der Waals surface area (Å²) in [4.78, 5) is 11.8. The van der Waals surface area contributed by atoms with Crippen molar-refractivity contribution >= 4 is 23.2 Å². The number of halogens is 1. The Morgan fingerprint density at radius 2 is 2.16 bits per heavy atom. The summed E-state index contributed by atoms with van der Waals surface area (Å²) >= 11 is 5.98. The van der Waals surface area contributed by atoms with Crippen LogP contribution in [-0.2, 0) is 9.53 Å². The molecule has 1 aromatic rings. The summed E-state index contributed by atoms with van der Waals surface area (Å²) in [6.45, 7) is 2.96. The van der Waals surface area contributed by atoms with E-state index in [0.717, 1.165) is 12.8 Å².